The van der Waals surface area contributed by atoms with Gasteiger partial charge in [0, 0.05) is 24.5 Å². The Kier molecular flexibility index (Phi) is 6.89. The van der Waals surface area contributed by atoms with Crippen LogP contribution >= 0.6 is 0 Å². The van der Waals surface area contributed by atoms with E-state index in [0.717, 1.165) is 37.0 Å². The van der Waals surface area contributed by atoms with Gasteiger partial charge in [0.1, 0.15) is 5.75 Å². The van der Waals surface area contributed by atoms with Gasteiger partial charge in [-0.25, -0.2) is 0 Å². The number of carbonyl (C=O) groups is 1. The molecule has 2 unspecified atom stereocenters. The van der Waals surface area contributed by atoms with Crippen molar-refractivity contribution in [1.29, 1.82) is 0 Å². The van der Waals surface area contributed by atoms with Crippen LogP contribution in [0.25, 0.3) is 10.8 Å². The summed E-state index contributed by atoms with van der Waals surface area (Å²) >= 11 is 0. The first kappa shape index (κ1) is 18.7. The number of carbonyl (C=O) groups excluding carboxylic acids is 1. The predicted molar refractivity (Wildman–Crippen MR) is 104 cm³/mol. The van der Waals surface area contributed by atoms with Crippen molar-refractivity contribution >= 4 is 16.7 Å². The lowest BCUT2D eigenvalue weighted by atomic mass is 10.1. The molecule has 0 radical (unpaired) electrons. The maximum Gasteiger partial charge on any atom is 0.220 e. The molecule has 1 fully saturated rings. The zero-order valence-corrected chi connectivity index (χ0v) is 15.6. The number of nitrogens with one attached hydrogen (secondary N) is 1. The fourth-order valence-corrected chi connectivity index (χ4v) is 3.46. The molecule has 2 aromatic rings. The molecule has 4 nitrogen and oxygen atoms in total. The molecule has 0 aromatic heterocycles. The van der Waals surface area contributed by atoms with Crippen LogP contribution in [0.1, 0.15) is 45.4 Å². The third-order valence-corrected chi connectivity index (χ3v) is 4.91. The van der Waals surface area contributed by atoms with E-state index in [1.807, 2.05) is 24.3 Å². The summed E-state index contributed by atoms with van der Waals surface area (Å²) in [5.41, 5.74) is 0. The SMILES string of the molecule is CC(CCC1CCCO1)NC(=O)CCCOc1cccc2ccccc12. The van der Waals surface area contributed by atoms with E-state index in [9.17, 15) is 4.79 Å². The van der Waals surface area contributed by atoms with Crippen molar-refractivity contribution in [2.24, 2.45) is 0 Å². The van der Waals surface area contributed by atoms with Gasteiger partial charge in [-0.2, -0.15) is 0 Å². The van der Waals surface area contributed by atoms with Gasteiger partial charge in [0.15, 0.2) is 0 Å². The molecule has 0 spiro atoms. The Morgan fingerprint density at radius 1 is 1.27 bits per heavy atom. The summed E-state index contributed by atoms with van der Waals surface area (Å²) < 4.78 is 11.5. The molecule has 0 aliphatic carbocycles. The molecule has 1 saturated heterocycles. The third-order valence-electron chi connectivity index (χ3n) is 4.91. The van der Waals surface area contributed by atoms with Crippen LogP contribution in [0.2, 0.25) is 0 Å². The van der Waals surface area contributed by atoms with Crippen LogP contribution in [0, 0.1) is 0 Å². The van der Waals surface area contributed by atoms with E-state index in [1.165, 1.54) is 11.8 Å². The number of ether oxygens (including phenoxy) is 2. The van der Waals surface area contributed by atoms with Crippen LogP contribution in [0.3, 0.4) is 0 Å². The minimum Gasteiger partial charge on any atom is -0.493 e. The van der Waals surface area contributed by atoms with E-state index < -0.39 is 0 Å². The van der Waals surface area contributed by atoms with Crippen molar-refractivity contribution in [2.75, 3.05) is 13.2 Å². The molecule has 2 atom stereocenters. The largest absolute Gasteiger partial charge is 0.493 e. The minimum atomic E-state index is 0.103. The van der Waals surface area contributed by atoms with Crippen molar-refractivity contribution in [1.82, 2.24) is 5.32 Å². The second kappa shape index (κ2) is 9.58. The maximum atomic E-state index is 12.1. The second-order valence-corrected chi connectivity index (χ2v) is 7.11. The molecule has 3 rings (SSSR count). The second-order valence-electron chi connectivity index (χ2n) is 7.11. The lowest BCUT2D eigenvalue weighted by Gasteiger charge is -2.16. The van der Waals surface area contributed by atoms with Crippen LogP contribution in [0.15, 0.2) is 42.5 Å². The van der Waals surface area contributed by atoms with Gasteiger partial charge in [0.05, 0.1) is 12.7 Å². The van der Waals surface area contributed by atoms with E-state index in [-0.39, 0.29) is 11.9 Å². The van der Waals surface area contributed by atoms with E-state index in [4.69, 9.17) is 9.47 Å². The van der Waals surface area contributed by atoms with E-state index >= 15 is 0 Å². The zero-order chi connectivity index (χ0) is 18.2. The Balaban J connectivity index is 1.34. The highest BCUT2D eigenvalue weighted by atomic mass is 16.5. The van der Waals surface area contributed by atoms with Crippen LogP contribution in [-0.4, -0.2) is 31.3 Å². The van der Waals surface area contributed by atoms with Crippen molar-refractivity contribution in [2.45, 2.75) is 57.6 Å². The number of rotatable bonds is 9. The van der Waals surface area contributed by atoms with Gasteiger partial charge in [-0.15, -0.1) is 0 Å². The summed E-state index contributed by atoms with van der Waals surface area (Å²) in [4.78, 5) is 12.1. The fourth-order valence-electron chi connectivity index (χ4n) is 3.46. The zero-order valence-electron chi connectivity index (χ0n) is 15.6. The monoisotopic (exact) mass is 355 g/mol. The van der Waals surface area contributed by atoms with E-state index in [0.29, 0.717) is 25.6 Å². The molecule has 0 saturated carbocycles. The van der Waals surface area contributed by atoms with Crippen molar-refractivity contribution in [3.05, 3.63) is 42.5 Å². The molecule has 1 amide bonds. The van der Waals surface area contributed by atoms with Gasteiger partial charge in [0.25, 0.3) is 0 Å². The molecule has 1 N–H and O–H groups in total. The number of fused-ring (bicyclic) bond motifs is 1. The Labute approximate surface area is 155 Å². The molecule has 26 heavy (non-hydrogen) atoms. The van der Waals surface area contributed by atoms with Crippen LogP contribution in [0.4, 0.5) is 0 Å². The molecule has 2 aromatic carbocycles. The van der Waals surface area contributed by atoms with Gasteiger partial charge in [-0.1, -0.05) is 36.4 Å². The topological polar surface area (TPSA) is 47.6 Å². The van der Waals surface area contributed by atoms with Gasteiger partial charge < -0.3 is 14.8 Å². The first-order valence-corrected chi connectivity index (χ1v) is 9.74. The van der Waals surface area contributed by atoms with Gasteiger partial charge >= 0.3 is 0 Å². The predicted octanol–water partition coefficient (Wildman–Crippen LogP) is 4.46. The van der Waals surface area contributed by atoms with Crippen LogP contribution < -0.4 is 10.1 Å². The summed E-state index contributed by atoms with van der Waals surface area (Å²) in [6, 6.07) is 14.4. The number of benzene rings is 2. The van der Waals surface area contributed by atoms with Gasteiger partial charge in [0.2, 0.25) is 5.91 Å². The Morgan fingerprint density at radius 3 is 2.96 bits per heavy atom. The van der Waals surface area contributed by atoms with Gasteiger partial charge in [-0.05, 0) is 50.5 Å². The first-order valence-electron chi connectivity index (χ1n) is 9.74. The smallest absolute Gasteiger partial charge is 0.220 e. The molecular weight excluding hydrogens is 326 g/mol. The highest BCUT2D eigenvalue weighted by molar-refractivity contribution is 5.88. The Hall–Kier alpha value is -2.07. The molecule has 4 heteroatoms. The summed E-state index contributed by atoms with van der Waals surface area (Å²) in [7, 11) is 0. The van der Waals surface area contributed by atoms with E-state index in [2.05, 4.69) is 30.4 Å². The van der Waals surface area contributed by atoms with Crippen molar-refractivity contribution in [3.8, 4) is 5.75 Å². The Morgan fingerprint density at radius 2 is 2.12 bits per heavy atom. The molecule has 0 bridgehead atoms. The highest BCUT2D eigenvalue weighted by Crippen LogP contribution is 2.25. The van der Waals surface area contributed by atoms with E-state index in [1.54, 1.807) is 0 Å². The highest BCUT2D eigenvalue weighted by Gasteiger charge is 2.17. The number of amides is 1. The fraction of sp³-hybridized carbons (Fsp3) is 0.500. The normalized spacial score (nSPS) is 18.0. The lowest BCUT2D eigenvalue weighted by molar-refractivity contribution is -0.122. The number of hydrogen-bond donors (Lipinski definition) is 1. The number of hydrogen-bond acceptors (Lipinski definition) is 3. The van der Waals surface area contributed by atoms with Gasteiger partial charge in [-0.3, -0.25) is 4.79 Å². The minimum absolute atomic E-state index is 0.103. The molecule has 1 aliphatic rings. The quantitative estimate of drug-likeness (QED) is 0.676. The van der Waals surface area contributed by atoms with Crippen molar-refractivity contribution in [3.63, 3.8) is 0 Å². The Bertz CT molecular complexity index is 704. The lowest BCUT2D eigenvalue weighted by Crippen LogP contribution is -2.33. The average molecular weight is 355 g/mol. The summed E-state index contributed by atoms with van der Waals surface area (Å²) in [6.45, 7) is 3.51. The maximum absolute atomic E-state index is 12.1. The van der Waals surface area contributed by atoms with Crippen molar-refractivity contribution < 1.29 is 14.3 Å². The first-order chi connectivity index (χ1) is 12.7. The standard InChI is InChI=1S/C22H29NO3/c1-17(13-14-19-9-5-15-25-19)23-22(24)12-6-16-26-21-11-4-8-18-7-2-3-10-20(18)21/h2-4,7-8,10-11,17,19H,5-6,9,12-16H2,1H3,(H,23,24). The molecular formula is C22H29NO3. The summed E-state index contributed by atoms with van der Waals surface area (Å²) in [5, 5.41) is 5.36. The van der Waals surface area contributed by atoms with Crippen LogP contribution in [-0.2, 0) is 9.53 Å². The third kappa shape index (κ3) is 5.46. The average Bonchev–Trinajstić information content (AvgIpc) is 3.17. The summed E-state index contributed by atoms with van der Waals surface area (Å²) in [5.74, 6) is 0.986. The summed E-state index contributed by atoms with van der Waals surface area (Å²) in [6.07, 6.45) is 5.94. The molecule has 140 valence electrons. The molecule has 1 aliphatic heterocycles. The molecule has 1 heterocycles. The van der Waals surface area contributed by atoms with Crippen LogP contribution in [0.5, 0.6) is 5.75 Å².